The van der Waals surface area contributed by atoms with Crippen LogP contribution in [-0.4, -0.2) is 96.7 Å². The number of hydrogen-bond donors (Lipinski definition) is 3. The standard InChI is InChI=1S/C74H144O17P2/c1-6-9-12-15-18-21-24-25-26-30-34-38-43-48-53-58-72(77)85-64-70(91-74(79)60-55-50-45-40-35-31-28-27-29-33-36-41-46-51-56-67(4)5)66-89-93(82,83)87-62-68(75)61-86-92(80,81)88-65-69(63-84-71(76)57-52-47-42-37-23-20-17-14-11-8-3)90-73(78)59-54-49-44-39-32-22-19-16-13-10-7-2/h67-70,75H,6-66H2,1-5H3,(H,80,81)(H,82,83)/t68-,69+,70+/m0/s1. The zero-order chi connectivity index (χ0) is 68.4. The smallest absolute Gasteiger partial charge is 0.462 e. The summed E-state index contributed by atoms with van der Waals surface area (Å²) in [6, 6.07) is 0. The maximum absolute atomic E-state index is 13.1. The number of ether oxygens (including phenoxy) is 4. The molecule has 0 aromatic carbocycles. The van der Waals surface area contributed by atoms with Gasteiger partial charge in [0.05, 0.1) is 26.4 Å². The van der Waals surface area contributed by atoms with Gasteiger partial charge in [0.25, 0.3) is 0 Å². The summed E-state index contributed by atoms with van der Waals surface area (Å²) in [6.45, 7) is 7.29. The summed E-state index contributed by atoms with van der Waals surface area (Å²) in [6.07, 6.45) is 55.3. The van der Waals surface area contributed by atoms with Crippen molar-refractivity contribution in [1.29, 1.82) is 0 Å². The molecule has 0 spiro atoms. The van der Waals surface area contributed by atoms with E-state index in [0.717, 1.165) is 95.8 Å². The van der Waals surface area contributed by atoms with E-state index in [4.69, 9.17) is 37.0 Å². The second-order valence-corrected chi connectivity index (χ2v) is 30.1. The quantitative estimate of drug-likeness (QED) is 0.0222. The number of carbonyl (C=O) groups is 4. The first-order chi connectivity index (χ1) is 45.0. The van der Waals surface area contributed by atoms with E-state index in [9.17, 15) is 43.2 Å². The molecule has 0 aliphatic rings. The minimum Gasteiger partial charge on any atom is -0.462 e. The van der Waals surface area contributed by atoms with Gasteiger partial charge < -0.3 is 33.8 Å². The van der Waals surface area contributed by atoms with Crippen LogP contribution in [0.15, 0.2) is 0 Å². The van der Waals surface area contributed by atoms with Gasteiger partial charge >= 0.3 is 39.5 Å². The topological polar surface area (TPSA) is 237 Å². The molecular weight excluding hydrogens is 1220 g/mol. The van der Waals surface area contributed by atoms with Crippen LogP contribution < -0.4 is 0 Å². The Morgan fingerprint density at radius 3 is 0.731 bits per heavy atom. The molecule has 5 atom stereocenters. The van der Waals surface area contributed by atoms with Gasteiger partial charge in [0.15, 0.2) is 12.2 Å². The molecule has 0 aliphatic carbocycles. The Bertz CT molecular complexity index is 1790. The van der Waals surface area contributed by atoms with E-state index in [1.54, 1.807) is 0 Å². The Balaban J connectivity index is 5.23. The number of phosphoric acid groups is 2. The molecule has 17 nitrogen and oxygen atoms in total. The summed E-state index contributed by atoms with van der Waals surface area (Å²) in [5.41, 5.74) is 0. The number of unbranched alkanes of at least 4 members (excludes halogenated alkanes) is 46. The summed E-state index contributed by atoms with van der Waals surface area (Å²) in [7, 11) is -9.90. The summed E-state index contributed by atoms with van der Waals surface area (Å²) in [4.78, 5) is 72.7. The van der Waals surface area contributed by atoms with Gasteiger partial charge in [-0.1, -0.05) is 336 Å². The second-order valence-electron chi connectivity index (χ2n) is 27.2. The molecule has 0 fully saturated rings. The third-order valence-corrected chi connectivity index (χ3v) is 19.2. The number of aliphatic hydroxyl groups is 1. The van der Waals surface area contributed by atoms with Gasteiger partial charge in [-0.15, -0.1) is 0 Å². The van der Waals surface area contributed by atoms with E-state index in [-0.39, 0.29) is 25.7 Å². The highest BCUT2D eigenvalue weighted by atomic mass is 31.2. The van der Waals surface area contributed by atoms with Crippen LogP contribution in [0.3, 0.4) is 0 Å². The van der Waals surface area contributed by atoms with Crippen LogP contribution in [0.5, 0.6) is 0 Å². The van der Waals surface area contributed by atoms with E-state index >= 15 is 0 Å². The fourth-order valence-corrected chi connectivity index (χ4v) is 12.9. The van der Waals surface area contributed by atoms with Crippen LogP contribution >= 0.6 is 15.6 Å². The predicted octanol–water partition coefficient (Wildman–Crippen LogP) is 21.7. The number of carbonyl (C=O) groups excluding carboxylic acids is 4. The van der Waals surface area contributed by atoms with Crippen molar-refractivity contribution in [2.45, 2.75) is 406 Å². The first-order valence-corrected chi connectivity index (χ1v) is 41.6. The van der Waals surface area contributed by atoms with Gasteiger partial charge in [0.2, 0.25) is 0 Å². The molecule has 552 valence electrons. The number of rotatable bonds is 74. The van der Waals surface area contributed by atoms with Gasteiger partial charge in [-0.3, -0.25) is 37.3 Å². The molecule has 19 heteroatoms. The molecule has 0 amide bonds. The molecule has 0 saturated heterocycles. The minimum atomic E-state index is -4.95. The molecule has 0 heterocycles. The van der Waals surface area contributed by atoms with E-state index in [0.29, 0.717) is 25.7 Å². The Kier molecular flexibility index (Phi) is 65.9. The number of aliphatic hydroxyl groups excluding tert-OH is 1. The van der Waals surface area contributed by atoms with Gasteiger partial charge in [0.1, 0.15) is 19.3 Å². The molecular formula is C74H144O17P2. The van der Waals surface area contributed by atoms with E-state index < -0.39 is 97.5 Å². The van der Waals surface area contributed by atoms with Crippen LogP contribution in [0.4, 0.5) is 0 Å². The van der Waals surface area contributed by atoms with Crippen molar-refractivity contribution in [3.63, 3.8) is 0 Å². The largest absolute Gasteiger partial charge is 0.472 e. The van der Waals surface area contributed by atoms with Crippen molar-refractivity contribution in [3.8, 4) is 0 Å². The zero-order valence-corrected chi connectivity index (χ0v) is 62.2. The van der Waals surface area contributed by atoms with Crippen molar-refractivity contribution in [2.24, 2.45) is 5.92 Å². The number of hydrogen-bond acceptors (Lipinski definition) is 15. The van der Waals surface area contributed by atoms with Crippen LogP contribution in [-0.2, 0) is 65.4 Å². The van der Waals surface area contributed by atoms with Gasteiger partial charge in [-0.2, -0.15) is 0 Å². The zero-order valence-electron chi connectivity index (χ0n) is 60.4. The normalized spacial score (nSPS) is 14.0. The third kappa shape index (κ3) is 68.4. The number of phosphoric ester groups is 2. The third-order valence-electron chi connectivity index (χ3n) is 17.3. The highest BCUT2D eigenvalue weighted by molar-refractivity contribution is 7.47. The SMILES string of the molecule is CCCCCCCCCCCCCCCCCC(=O)OC[C@H](COP(=O)(O)OC[C@@H](O)COP(=O)(O)OC[C@@H](COC(=O)CCCCCCCCCCCC)OC(=O)CCCCCCCCCCCCC)OC(=O)CCCCCCCCCCCCCCCCC(C)C. The summed E-state index contributed by atoms with van der Waals surface area (Å²) >= 11 is 0. The number of esters is 4. The lowest BCUT2D eigenvalue weighted by atomic mass is 10.0. The lowest BCUT2D eigenvalue weighted by Gasteiger charge is -2.21. The van der Waals surface area contributed by atoms with E-state index in [1.165, 1.54) is 212 Å². The van der Waals surface area contributed by atoms with Gasteiger partial charge in [-0.05, 0) is 31.6 Å². The Hall–Kier alpha value is -1.94. The molecule has 93 heavy (non-hydrogen) atoms. The average Bonchev–Trinajstić information content (AvgIpc) is 3.21. The highest BCUT2D eigenvalue weighted by Crippen LogP contribution is 2.45. The van der Waals surface area contributed by atoms with Crippen LogP contribution in [0.1, 0.15) is 388 Å². The van der Waals surface area contributed by atoms with Gasteiger partial charge in [0, 0.05) is 25.7 Å². The lowest BCUT2D eigenvalue weighted by molar-refractivity contribution is -0.161. The first-order valence-electron chi connectivity index (χ1n) is 38.6. The second kappa shape index (κ2) is 67.3. The average molecular weight is 1370 g/mol. The fourth-order valence-electron chi connectivity index (χ4n) is 11.4. The maximum atomic E-state index is 13.1. The van der Waals surface area contributed by atoms with Crippen molar-refractivity contribution in [3.05, 3.63) is 0 Å². The molecule has 0 rings (SSSR count). The van der Waals surface area contributed by atoms with Crippen molar-refractivity contribution in [2.75, 3.05) is 39.6 Å². The van der Waals surface area contributed by atoms with Crippen LogP contribution in [0.25, 0.3) is 0 Å². The summed E-state index contributed by atoms with van der Waals surface area (Å²) in [5, 5.41) is 10.6. The molecule has 0 radical (unpaired) electrons. The molecule has 2 unspecified atom stereocenters. The maximum Gasteiger partial charge on any atom is 0.472 e. The first kappa shape index (κ1) is 91.1. The van der Waals surface area contributed by atoms with Crippen LogP contribution in [0.2, 0.25) is 0 Å². The van der Waals surface area contributed by atoms with E-state index in [2.05, 4.69) is 34.6 Å². The molecule has 0 aliphatic heterocycles. The van der Waals surface area contributed by atoms with Gasteiger partial charge in [-0.25, -0.2) is 9.13 Å². The molecule has 3 N–H and O–H groups in total. The van der Waals surface area contributed by atoms with Crippen molar-refractivity contribution >= 4 is 39.5 Å². The van der Waals surface area contributed by atoms with Crippen molar-refractivity contribution < 1.29 is 80.2 Å². The predicted molar refractivity (Wildman–Crippen MR) is 377 cm³/mol. The molecule has 0 bridgehead atoms. The summed E-state index contributed by atoms with van der Waals surface area (Å²) in [5.74, 6) is -1.32. The Morgan fingerprint density at radius 1 is 0.290 bits per heavy atom. The highest BCUT2D eigenvalue weighted by Gasteiger charge is 2.30. The monoisotopic (exact) mass is 1370 g/mol. The summed E-state index contributed by atoms with van der Waals surface area (Å²) < 4.78 is 68.4. The minimum absolute atomic E-state index is 0.107. The molecule has 0 aromatic heterocycles. The van der Waals surface area contributed by atoms with Crippen molar-refractivity contribution in [1.82, 2.24) is 0 Å². The fraction of sp³-hybridized carbons (Fsp3) is 0.946. The Morgan fingerprint density at radius 2 is 0.495 bits per heavy atom. The van der Waals surface area contributed by atoms with Crippen LogP contribution in [0, 0.1) is 5.92 Å². The lowest BCUT2D eigenvalue weighted by Crippen LogP contribution is -2.30. The molecule has 0 aromatic rings. The molecule has 0 saturated carbocycles. The Labute approximate surface area is 568 Å². The van der Waals surface area contributed by atoms with E-state index in [1.807, 2.05) is 0 Å².